The van der Waals surface area contributed by atoms with E-state index in [9.17, 15) is 4.39 Å². The van der Waals surface area contributed by atoms with Crippen LogP contribution in [-0.4, -0.2) is 24.6 Å². The van der Waals surface area contributed by atoms with E-state index in [0.717, 1.165) is 11.3 Å². The zero-order valence-electron chi connectivity index (χ0n) is 16.4. The third-order valence-corrected chi connectivity index (χ3v) is 3.68. The second kappa shape index (κ2) is 10.5. The molecule has 0 atom stereocenters. The molecule has 1 heterocycles. The Balaban J connectivity index is 0.00000364. The first-order valence-corrected chi connectivity index (χ1v) is 8.63. The van der Waals surface area contributed by atoms with Crippen molar-refractivity contribution in [1.82, 2.24) is 15.6 Å². The van der Waals surface area contributed by atoms with Crippen molar-refractivity contribution in [3.8, 4) is 5.75 Å². The lowest BCUT2D eigenvalue weighted by molar-refractivity contribution is 0.379. The average molecular weight is 490 g/mol. The van der Waals surface area contributed by atoms with Gasteiger partial charge in [-0.1, -0.05) is 26.8 Å². The second-order valence-electron chi connectivity index (χ2n) is 6.89. The molecule has 2 rings (SSSR count). The van der Waals surface area contributed by atoms with Crippen molar-refractivity contribution in [3.63, 3.8) is 0 Å². The maximum absolute atomic E-state index is 13.8. The molecule has 0 radical (unpaired) electrons. The van der Waals surface area contributed by atoms with E-state index in [-0.39, 0.29) is 35.1 Å². The Bertz CT molecular complexity index is 756. The zero-order valence-corrected chi connectivity index (χ0v) is 18.8. The van der Waals surface area contributed by atoms with Crippen molar-refractivity contribution in [2.75, 3.05) is 13.7 Å². The van der Waals surface area contributed by atoms with Gasteiger partial charge in [-0.3, -0.25) is 0 Å². The van der Waals surface area contributed by atoms with Crippen LogP contribution in [0.1, 0.15) is 44.9 Å². The van der Waals surface area contributed by atoms with E-state index in [2.05, 4.69) is 41.4 Å². The third kappa shape index (κ3) is 7.00. The topological polar surface area (TPSA) is 71.7 Å². The largest absolute Gasteiger partial charge is 0.494 e. The molecule has 0 aliphatic heterocycles. The summed E-state index contributed by atoms with van der Waals surface area (Å²) in [6.07, 6.45) is 1.75. The lowest BCUT2D eigenvalue weighted by Gasteiger charge is -2.13. The predicted molar refractivity (Wildman–Crippen MR) is 115 cm³/mol. The molecule has 27 heavy (non-hydrogen) atoms. The highest BCUT2D eigenvalue weighted by molar-refractivity contribution is 14.0. The van der Waals surface area contributed by atoms with Gasteiger partial charge in [-0.05, 0) is 24.6 Å². The number of halogens is 2. The van der Waals surface area contributed by atoms with Crippen LogP contribution in [0.2, 0.25) is 0 Å². The fourth-order valence-electron chi connectivity index (χ4n) is 2.22. The molecule has 150 valence electrons. The summed E-state index contributed by atoms with van der Waals surface area (Å²) in [5.74, 6) is 1.87. The first-order valence-electron chi connectivity index (χ1n) is 8.63. The van der Waals surface area contributed by atoms with Crippen molar-refractivity contribution in [3.05, 3.63) is 47.4 Å². The summed E-state index contributed by atoms with van der Waals surface area (Å²) in [7, 11) is 1.44. The van der Waals surface area contributed by atoms with Gasteiger partial charge in [-0.15, -0.1) is 24.0 Å². The first kappa shape index (κ1) is 23.2. The summed E-state index contributed by atoms with van der Waals surface area (Å²) < 4.78 is 24.5. The van der Waals surface area contributed by atoms with Crippen LogP contribution < -0.4 is 15.4 Å². The van der Waals surface area contributed by atoms with E-state index in [1.807, 2.05) is 6.92 Å². The molecular formula is C19H28FIN4O2. The van der Waals surface area contributed by atoms with Crippen LogP contribution >= 0.6 is 24.0 Å². The molecule has 0 fully saturated rings. The van der Waals surface area contributed by atoms with Gasteiger partial charge in [-0.2, -0.15) is 0 Å². The Morgan fingerprint density at radius 2 is 2.04 bits per heavy atom. The molecule has 8 heteroatoms. The normalized spacial score (nSPS) is 11.7. The first-order chi connectivity index (χ1) is 12.3. The van der Waals surface area contributed by atoms with Crippen LogP contribution in [0.25, 0.3) is 0 Å². The minimum absolute atomic E-state index is 0. The van der Waals surface area contributed by atoms with Gasteiger partial charge in [0.15, 0.2) is 17.5 Å². The second-order valence-corrected chi connectivity index (χ2v) is 6.89. The fraction of sp³-hybridized carbons (Fsp3) is 0.474. The third-order valence-electron chi connectivity index (χ3n) is 3.68. The Morgan fingerprint density at radius 1 is 1.30 bits per heavy atom. The highest BCUT2D eigenvalue weighted by Gasteiger charge is 2.19. The summed E-state index contributed by atoms with van der Waals surface area (Å²) in [6.45, 7) is 9.67. The number of nitrogens with one attached hydrogen (secondary N) is 2. The zero-order chi connectivity index (χ0) is 19.2. The van der Waals surface area contributed by atoms with E-state index in [1.165, 1.54) is 13.2 Å². The highest BCUT2D eigenvalue weighted by atomic mass is 127. The number of rotatable bonds is 6. The van der Waals surface area contributed by atoms with E-state index in [0.29, 0.717) is 31.5 Å². The Morgan fingerprint density at radius 3 is 2.59 bits per heavy atom. The van der Waals surface area contributed by atoms with Crippen LogP contribution in [0.3, 0.4) is 0 Å². The van der Waals surface area contributed by atoms with E-state index >= 15 is 0 Å². The molecule has 0 spiro atoms. The van der Waals surface area contributed by atoms with Gasteiger partial charge in [0.2, 0.25) is 5.89 Å². The molecule has 1 aromatic heterocycles. The summed E-state index contributed by atoms with van der Waals surface area (Å²) >= 11 is 0. The van der Waals surface area contributed by atoms with Gasteiger partial charge >= 0.3 is 0 Å². The Labute approximate surface area is 177 Å². The van der Waals surface area contributed by atoms with E-state index in [4.69, 9.17) is 9.15 Å². The van der Waals surface area contributed by atoms with Gasteiger partial charge in [0.05, 0.1) is 26.4 Å². The van der Waals surface area contributed by atoms with Crippen LogP contribution in [0.5, 0.6) is 5.75 Å². The highest BCUT2D eigenvalue weighted by Crippen LogP contribution is 2.22. The molecule has 2 aromatic rings. The van der Waals surface area contributed by atoms with Crippen LogP contribution in [-0.2, 0) is 18.5 Å². The number of aliphatic imine (C=N–C) groups is 1. The van der Waals surface area contributed by atoms with Crippen molar-refractivity contribution in [2.45, 2.75) is 46.2 Å². The molecular weight excluding hydrogens is 462 g/mol. The Kier molecular flexibility index (Phi) is 9.01. The molecule has 0 aliphatic carbocycles. The number of guanidine groups is 1. The quantitative estimate of drug-likeness (QED) is 0.364. The Hall–Kier alpha value is -1.84. The minimum atomic E-state index is -0.396. The molecule has 0 saturated heterocycles. The maximum Gasteiger partial charge on any atom is 0.213 e. The minimum Gasteiger partial charge on any atom is -0.494 e. The number of hydrogen-bond donors (Lipinski definition) is 2. The average Bonchev–Trinajstić information content (AvgIpc) is 3.07. The van der Waals surface area contributed by atoms with Crippen LogP contribution in [0.15, 0.2) is 33.8 Å². The number of aromatic nitrogens is 1. The van der Waals surface area contributed by atoms with Gasteiger partial charge in [0, 0.05) is 12.0 Å². The smallest absolute Gasteiger partial charge is 0.213 e. The lowest BCUT2D eigenvalue weighted by Crippen LogP contribution is -2.36. The summed E-state index contributed by atoms with van der Waals surface area (Å²) in [4.78, 5) is 8.76. The van der Waals surface area contributed by atoms with Crippen molar-refractivity contribution in [2.24, 2.45) is 4.99 Å². The fourth-order valence-corrected chi connectivity index (χ4v) is 2.22. The summed E-state index contributed by atoms with van der Waals surface area (Å²) in [5, 5.41) is 6.32. The number of benzene rings is 1. The number of nitrogens with zero attached hydrogens (tertiary/aromatic N) is 2. The van der Waals surface area contributed by atoms with Crippen molar-refractivity contribution < 1.29 is 13.5 Å². The molecule has 6 nitrogen and oxygen atoms in total. The number of methoxy groups -OCH3 is 1. The molecule has 0 bridgehead atoms. The number of ether oxygens (including phenoxy) is 1. The van der Waals surface area contributed by atoms with Gasteiger partial charge in [0.25, 0.3) is 0 Å². The van der Waals surface area contributed by atoms with Crippen molar-refractivity contribution >= 4 is 29.9 Å². The van der Waals surface area contributed by atoms with E-state index < -0.39 is 5.82 Å². The van der Waals surface area contributed by atoms with Crippen LogP contribution in [0, 0.1) is 5.82 Å². The maximum atomic E-state index is 13.8. The molecule has 0 unspecified atom stereocenters. The van der Waals surface area contributed by atoms with Crippen LogP contribution in [0.4, 0.5) is 4.39 Å². The van der Waals surface area contributed by atoms with E-state index in [1.54, 1.807) is 18.3 Å². The summed E-state index contributed by atoms with van der Waals surface area (Å²) in [5.41, 5.74) is 0.675. The SMILES string of the molecule is CCNC(=NCc1ccc(OC)c(F)c1)NCc1ncc(C(C)(C)C)o1.I. The summed E-state index contributed by atoms with van der Waals surface area (Å²) in [6, 6.07) is 4.82. The van der Waals surface area contributed by atoms with Gasteiger partial charge in [0.1, 0.15) is 5.76 Å². The van der Waals surface area contributed by atoms with Gasteiger partial charge in [-0.25, -0.2) is 14.4 Å². The predicted octanol–water partition coefficient (Wildman–Crippen LogP) is 3.99. The molecule has 0 aliphatic rings. The molecule has 1 aromatic carbocycles. The van der Waals surface area contributed by atoms with Gasteiger partial charge < -0.3 is 19.8 Å². The lowest BCUT2D eigenvalue weighted by atomic mass is 9.94. The number of hydrogen-bond acceptors (Lipinski definition) is 4. The number of oxazole rings is 1. The van der Waals surface area contributed by atoms with Crippen molar-refractivity contribution in [1.29, 1.82) is 0 Å². The standard InChI is InChI=1S/C19H27FN4O2.HI/c1-6-21-18(23-10-13-7-8-15(25-5)14(20)9-13)24-12-17-22-11-16(26-17)19(2,3)4;/h7-9,11H,6,10,12H2,1-5H3,(H2,21,23,24);1H. The molecule has 2 N–H and O–H groups in total. The monoisotopic (exact) mass is 490 g/mol. The molecule has 0 amide bonds. The molecule has 0 saturated carbocycles.